The first-order chi connectivity index (χ1) is 16.9. The summed E-state index contributed by atoms with van der Waals surface area (Å²) in [6.07, 6.45) is 1.42. The minimum Gasteiger partial charge on any atom is -0.497 e. The van der Waals surface area contributed by atoms with Crippen LogP contribution in [0.3, 0.4) is 0 Å². The number of hydrogen-bond donors (Lipinski definition) is 0. The zero-order valence-electron chi connectivity index (χ0n) is 20.4. The van der Waals surface area contributed by atoms with E-state index in [-0.39, 0.29) is 10.9 Å². The molecule has 0 spiro atoms. The topological polar surface area (TPSA) is 68.3 Å². The van der Waals surface area contributed by atoms with Crippen molar-refractivity contribution in [1.29, 1.82) is 0 Å². The Morgan fingerprint density at radius 3 is 1.91 bits per heavy atom. The van der Waals surface area contributed by atoms with Crippen molar-refractivity contribution >= 4 is 15.7 Å². The molecule has 1 aliphatic rings. The molecule has 0 amide bonds. The molecular formula is C27H32N2O5S. The Morgan fingerprint density at radius 2 is 1.37 bits per heavy atom. The predicted molar refractivity (Wildman–Crippen MR) is 137 cm³/mol. The van der Waals surface area contributed by atoms with Gasteiger partial charge in [-0.15, -0.1) is 0 Å². The van der Waals surface area contributed by atoms with Gasteiger partial charge >= 0.3 is 0 Å². The summed E-state index contributed by atoms with van der Waals surface area (Å²) >= 11 is 0. The van der Waals surface area contributed by atoms with Crippen LogP contribution in [0.4, 0.5) is 5.69 Å². The number of ether oxygens (including phenoxy) is 3. The first-order valence-electron chi connectivity index (χ1n) is 11.6. The van der Waals surface area contributed by atoms with Crippen molar-refractivity contribution in [3.8, 4) is 17.2 Å². The molecule has 1 saturated heterocycles. The highest BCUT2D eigenvalue weighted by Crippen LogP contribution is 2.36. The van der Waals surface area contributed by atoms with Crippen LogP contribution in [0.2, 0.25) is 0 Å². The van der Waals surface area contributed by atoms with Crippen molar-refractivity contribution in [3.05, 3.63) is 78.4 Å². The number of piperidine rings is 1. The van der Waals surface area contributed by atoms with Gasteiger partial charge in [-0.25, -0.2) is 8.42 Å². The summed E-state index contributed by atoms with van der Waals surface area (Å²) in [4.78, 5) is 2.59. The van der Waals surface area contributed by atoms with Crippen molar-refractivity contribution in [2.24, 2.45) is 0 Å². The van der Waals surface area contributed by atoms with Crippen LogP contribution in [0.25, 0.3) is 0 Å². The Morgan fingerprint density at radius 1 is 0.800 bits per heavy atom. The van der Waals surface area contributed by atoms with Gasteiger partial charge in [-0.3, -0.25) is 9.21 Å². The normalized spacial score (nSPS) is 14.9. The van der Waals surface area contributed by atoms with Crippen LogP contribution in [0.5, 0.6) is 17.2 Å². The van der Waals surface area contributed by atoms with E-state index in [1.54, 1.807) is 68.1 Å². The molecule has 0 aromatic heterocycles. The molecule has 1 heterocycles. The van der Waals surface area contributed by atoms with E-state index in [0.29, 0.717) is 35.8 Å². The van der Waals surface area contributed by atoms with Gasteiger partial charge in [0.1, 0.15) is 17.2 Å². The number of rotatable bonds is 9. The summed E-state index contributed by atoms with van der Waals surface area (Å²) in [5.74, 6) is 1.68. The first kappa shape index (κ1) is 24.9. The highest BCUT2D eigenvalue weighted by Gasteiger charge is 2.35. The minimum atomic E-state index is -3.86. The van der Waals surface area contributed by atoms with Gasteiger partial charge in [-0.1, -0.05) is 30.3 Å². The standard InChI is InChI=1S/C27H32N2O5S/c1-32-24-9-11-27(12-10-24)35(30,31)29(23-17-25(33-2)19-26(18-23)34-3)22-13-15-28(16-14-22)20-21-7-5-4-6-8-21/h4-12,17-19,22H,13-16,20H2,1-3H3. The van der Waals surface area contributed by atoms with Gasteiger partial charge < -0.3 is 14.2 Å². The quantitative estimate of drug-likeness (QED) is 0.432. The molecule has 7 nitrogen and oxygen atoms in total. The van der Waals surface area contributed by atoms with Gasteiger partial charge in [0.25, 0.3) is 10.0 Å². The monoisotopic (exact) mass is 496 g/mol. The Balaban J connectivity index is 1.66. The molecule has 1 aliphatic heterocycles. The van der Waals surface area contributed by atoms with Crippen molar-refractivity contribution in [1.82, 2.24) is 4.90 Å². The lowest BCUT2D eigenvalue weighted by molar-refractivity contribution is 0.206. The molecule has 186 valence electrons. The summed E-state index contributed by atoms with van der Waals surface area (Å²) in [5, 5.41) is 0. The predicted octanol–water partition coefficient (Wildman–Crippen LogP) is 4.57. The summed E-state index contributed by atoms with van der Waals surface area (Å²) in [6.45, 7) is 2.45. The fourth-order valence-electron chi connectivity index (χ4n) is 4.48. The number of sulfonamides is 1. The van der Waals surface area contributed by atoms with E-state index in [1.165, 1.54) is 5.56 Å². The molecule has 0 aliphatic carbocycles. The first-order valence-corrected chi connectivity index (χ1v) is 13.1. The molecule has 0 saturated carbocycles. The van der Waals surface area contributed by atoms with Crippen molar-refractivity contribution in [2.45, 2.75) is 30.3 Å². The van der Waals surface area contributed by atoms with Gasteiger partial charge in [0, 0.05) is 43.9 Å². The van der Waals surface area contributed by atoms with E-state index in [4.69, 9.17) is 14.2 Å². The van der Waals surface area contributed by atoms with Crippen LogP contribution in [0.1, 0.15) is 18.4 Å². The summed E-state index contributed by atoms with van der Waals surface area (Å²) in [6, 6.07) is 21.9. The second kappa shape index (κ2) is 11.0. The van der Waals surface area contributed by atoms with Crippen LogP contribution in [-0.2, 0) is 16.6 Å². The Kier molecular flexibility index (Phi) is 7.83. The van der Waals surface area contributed by atoms with E-state index < -0.39 is 10.0 Å². The largest absolute Gasteiger partial charge is 0.497 e. The molecule has 1 fully saturated rings. The lowest BCUT2D eigenvalue weighted by atomic mass is 10.0. The van der Waals surface area contributed by atoms with Gasteiger partial charge in [0.15, 0.2) is 0 Å². The van der Waals surface area contributed by atoms with E-state index in [2.05, 4.69) is 17.0 Å². The molecule has 0 atom stereocenters. The number of nitrogens with zero attached hydrogens (tertiary/aromatic N) is 2. The fourth-order valence-corrected chi connectivity index (χ4v) is 6.17. The average molecular weight is 497 g/mol. The number of methoxy groups -OCH3 is 3. The summed E-state index contributed by atoms with van der Waals surface area (Å²) in [5.41, 5.74) is 1.78. The highest BCUT2D eigenvalue weighted by molar-refractivity contribution is 7.92. The zero-order chi connectivity index (χ0) is 24.8. The molecular weight excluding hydrogens is 464 g/mol. The zero-order valence-corrected chi connectivity index (χ0v) is 21.2. The molecule has 3 aromatic rings. The van der Waals surface area contributed by atoms with Gasteiger partial charge in [-0.05, 0) is 42.7 Å². The van der Waals surface area contributed by atoms with Crippen LogP contribution >= 0.6 is 0 Å². The number of benzene rings is 3. The lowest BCUT2D eigenvalue weighted by Crippen LogP contribution is -2.47. The van der Waals surface area contributed by atoms with Gasteiger partial charge in [0.05, 0.1) is 31.9 Å². The molecule has 0 radical (unpaired) electrons. The molecule has 35 heavy (non-hydrogen) atoms. The Bertz CT molecular complexity index is 1190. The minimum absolute atomic E-state index is 0.203. The lowest BCUT2D eigenvalue weighted by Gasteiger charge is -2.39. The number of anilines is 1. The molecule has 0 N–H and O–H groups in total. The SMILES string of the molecule is COc1ccc(S(=O)(=O)N(c2cc(OC)cc(OC)c2)C2CCN(Cc3ccccc3)CC2)cc1. The maximum absolute atomic E-state index is 14.0. The third kappa shape index (κ3) is 5.71. The Hall–Kier alpha value is -3.23. The summed E-state index contributed by atoms with van der Waals surface area (Å²) < 4.78 is 45.6. The third-order valence-electron chi connectivity index (χ3n) is 6.34. The maximum Gasteiger partial charge on any atom is 0.264 e. The molecule has 3 aromatic carbocycles. The highest BCUT2D eigenvalue weighted by atomic mass is 32.2. The maximum atomic E-state index is 14.0. The van der Waals surface area contributed by atoms with E-state index in [1.807, 2.05) is 18.2 Å². The molecule has 0 unspecified atom stereocenters. The number of hydrogen-bond acceptors (Lipinski definition) is 6. The van der Waals surface area contributed by atoms with E-state index >= 15 is 0 Å². The van der Waals surface area contributed by atoms with Crippen molar-refractivity contribution in [3.63, 3.8) is 0 Å². The van der Waals surface area contributed by atoms with E-state index in [0.717, 1.165) is 19.6 Å². The Labute approximate surface area is 207 Å². The fraction of sp³-hybridized carbons (Fsp3) is 0.333. The van der Waals surface area contributed by atoms with Gasteiger partial charge in [-0.2, -0.15) is 0 Å². The van der Waals surface area contributed by atoms with Crippen LogP contribution in [0, 0.1) is 0 Å². The molecule has 0 bridgehead atoms. The number of likely N-dealkylation sites (tertiary alicyclic amines) is 1. The van der Waals surface area contributed by atoms with Crippen LogP contribution in [-0.4, -0.2) is 53.8 Å². The van der Waals surface area contributed by atoms with E-state index in [9.17, 15) is 8.42 Å². The second-order valence-electron chi connectivity index (χ2n) is 8.54. The van der Waals surface area contributed by atoms with Crippen molar-refractivity contribution < 1.29 is 22.6 Å². The molecule has 8 heteroatoms. The second-order valence-corrected chi connectivity index (χ2v) is 10.4. The van der Waals surface area contributed by atoms with Crippen LogP contribution < -0.4 is 18.5 Å². The average Bonchev–Trinajstić information content (AvgIpc) is 2.90. The molecule has 4 rings (SSSR count). The summed E-state index contributed by atoms with van der Waals surface area (Å²) in [7, 11) is 0.817. The smallest absolute Gasteiger partial charge is 0.264 e. The van der Waals surface area contributed by atoms with Gasteiger partial charge in [0.2, 0.25) is 0 Å². The van der Waals surface area contributed by atoms with Crippen LogP contribution in [0.15, 0.2) is 77.7 Å². The third-order valence-corrected chi connectivity index (χ3v) is 8.24. The van der Waals surface area contributed by atoms with Crippen molar-refractivity contribution in [2.75, 3.05) is 38.7 Å².